The lowest BCUT2D eigenvalue weighted by atomic mass is 10.1. The second-order valence-corrected chi connectivity index (χ2v) is 5.98. The molecule has 0 fully saturated rings. The van der Waals surface area contributed by atoms with Crippen molar-refractivity contribution in [3.05, 3.63) is 45.6 Å². The summed E-state index contributed by atoms with van der Waals surface area (Å²) in [6.45, 7) is 2.65. The first-order valence-electron chi connectivity index (χ1n) is 7.14. The molecule has 0 saturated carbocycles. The van der Waals surface area contributed by atoms with E-state index in [0.29, 0.717) is 19.4 Å². The van der Waals surface area contributed by atoms with Crippen LogP contribution in [0, 0.1) is 6.92 Å². The third kappa shape index (κ3) is 4.24. The number of methoxy groups -OCH3 is 2. The predicted octanol–water partition coefficient (Wildman–Crippen LogP) is 3.32. The number of aryl methyl sites for hydroxylation is 2. The quantitative estimate of drug-likeness (QED) is 0.851. The van der Waals surface area contributed by atoms with Crippen LogP contribution >= 0.6 is 11.3 Å². The van der Waals surface area contributed by atoms with Gasteiger partial charge in [0.05, 0.1) is 20.8 Å². The summed E-state index contributed by atoms with van der Waals surface area (Å²) in [5.74, 6) is 1.59. The Morgan fingerprint density at radius 2 is 2.05 bits per heavy atom. The Bertz CT molecular complexity index is 637. The Morgan fingerprint density at radius 1 is 1.23 bits per heavy atom. The summed E-state index contributed by atoms with van der Waals surface area (Å²) in [6.07, 6.45) is 1.05. The van der Waals surface area contributed by atoms with E-state index in [9.17, 15) is 4.79 Å². The average molecular weight is 319 g/mol. The summed E-state index contributed by atoms with van der Waals surface area (Å²) < 4.78 is 10.5. The smallest absolute Gasteiger partial charge is 0.220 e. The molecule has 0 aliphatic carbocycles. The minimum atomic E-state index is 0.0395. The molecule has 4 nitrogen and oxygen atoms in total. The minimum Gasteiger partial charge on any atom is -0.497 e. The van der Waals surface area contributed by atoms with Crippen molar-refractivity contribution >= 4 is 17.2 Å². The number of hydrogen-bond acceptors (Lipinski definition) is 4. The fourth-order valence-electron chi connectivity index (χ4n) is 2.18. The topological polar surface area (TPSA) is 47.6 Å². The van der Waals surface area contributed by atoms with E-state index in [1.165, 1.54) is 10.4 Å². The van der Waals surface area contributed by atoms with Crippen LogP contribution in [0.15, 0.2) is 29.6 Å². The van der Waals surface area contributed by atoms with Gasteiger partial charge in [-0.25, -0.2) is 0 Å². The molecule has 1 heterocycles. The molecule has 2 aromatic rings. The Balaban J connectivity index is 1.89. The number of benzene rings is 1. The molecule has 0 spiro atoms. The monoisotopic (exact) mass is 319 g/mol. The number of rotatable bonds is 7. The summed E-state index contributed by atoms with van der Waals surface area (Å²) in [4.78, 5) is 13.2. The molecule has 0 bridgehead atoms. The first kappa shape index (κ1) is 16.4. The third-order valence-corrected chi connectivity index (χ3v) is 4.55. The summed E-state index contributed by atoms with van der Waals surface area (Å²) in [6, 6.07) is 7.69. The van der Waals surface area contributed by atoms with Gasteiger partial charge in [-0.1, -0.05) is 0 Å². The first-order valence-corrected chi connectivity index (χ1v) is 8.02. The second kappa shape index (κ2) is 7.84. The molecule has 1 N–H and O–H groups in total. The highest BCUT2D eigenvalue weighted by Gasteiger charge is 2.09. The molecule has 0 unspecified atom stereocenters. The zero-order valence-electron chi connectivity index (χ0n) is 13.1. The van der Waals surface area contributed by atoms with Gasteiger partial charge in [0.2, 0.25) is 5.91 Å². The summed E-state index contributed by atoms with van der Waals surface area (Å²) in [5, 5.41) is 5.00. The fourth-order valence-corrected chi connectivity index (χ4v) is 3.02. The highest BCUT2D eigenvalue weighted by atomic mass is 32.1. The summed E-state index contributed by atoms with van der Waals surface area (Å²) in [7, 11) is 3.26. The molecule has 1 aromatic heterocycles. The van der Waals surface area contributed by atoms with Crippen molar-refractivity contribution in [1.29, 1.82) is 0 Å². The van der Waals surface area contributed by atoms with E-state index < -0.39 is 0 Å². The van der Waals surface area contributed by atoms with Gasteiger partial charge in [0, 0.05) is 11.3 Å². The van der Waals surface area contributed by atoms with Gasteiger partial charge in [-0.3, -0.25) is 4.79 Å². The van der Waals surface area contributed by atoms with Crippen molar-refractivity contribution in [2.75, 3.05) is 14.2 Å². The number of nitrogens with one attached hydrogen (secondary N) is 1. The molecule has 1 aromatic carbocycles. The lowest BCUT2D eigenvalue weighted by Crippen LogP contribution is -2.22. The second-order valence-electron chi connectivity index (χ2n) is 4.98. The van der Waals surface area contributed by atoms with Crippen molar-refractivity contribution in [3.63, 3.8) is 0 Å². The molecule has 1 amide bonds. The van der Waals surface area contributed by atoms with Crippen molar-refractivity contribution in [1.82, 2.24) is 5.32 Å². The van der Waals surface area contributed by atoms with Crippen LogP contribution in [0.5, 0.6) is 11.5 Å². The van der Waals surface area contributed by atoms with Gasteiger partial charge in [0.1, 0.15) is 11.5 Å². The van der Waals surface area contributed by atoms with Gasteiger partial charge >= 0.3 is 0 Å². The van der Waals surface area contributed by atoms with Crippen LogP contribution in [-0.4, -0.2) is 20.1 Å². The standard InChI is InChI=1S/C17H21NO3S/c1-12-8-9-22-16(12)11-18-17(19)7-4-13-10-14(20-2)5-6-15(13)21-3/h5-6,8-10H,4,7,11H2,1-3H3,(H,18,19). The zero-order valence-corrected chi connectivity index (χ0v) is 14.0. The maximum atomic E-state index is 12.0. The van der Waals surface area contributed by atoms with Crippen molar-refractivity contribution in [2.24, 2.45) is 0 Å². The van der Waals surface area contributed by atoms with Crippen molar-refractivity contribution in [3.8, 4) is 11.5 Å². The molecule has 0 radical (unpaired) electrons. The molecule has 0 saturated heterocycles. The number of ether oxygens (including phenoxy) is 2. The minimum absolute atomic E-state index is 0.0395. The summed E-state index contributed by atoms with van der Waals surface area (Å²) in [5.41, 5.74) is 2.20. The largest absolute Gasteiger partial charge is 0.497 e. The highest BCUT2D eigenvalue weighted by Crippen LogP contribution is 2.25. The van der Waals surface area contributed by atoms with Gasteiger partial charge < -0.3 is 14.8 Å². The molecular weight excluding hydrogens is 298 g/mol. The number of thiophene rings is 1. The zero-order chi connectivity index (χ0) is 15.9. The van der Waals surface area contributed by atoms with Gasteiger partial charge in [0.25, 0.3) is 0 Å². The predicted molar refractivity (Wildman–Crippen MR) is 88.8 cm³/mol. The van der Waals surface area contributed by atoms with E-state index in [1.807, 2.05) is 23.6 Å². The van der Waals surface area contributed by atoms with E-state index in [-0.39, 0.29) is 5.91 Å². The van der Waals surface area contributed by atoms with Crippen LogP contribution in [0.25, 0.3) is 0 Å². The number of hydrogen-bond donors (Lipinski definition) is 1. The van der Waals surface area contributed by atoms with E-state index in [1.54, 1.807) is 25.6 Å². The molecule has 0 aliphatic heterocycles. The molecular formula is C17H21NO3S. The van der Waals surface area contributed by atoms with Crippen LogP contribution in [0.1, 0.15) is 22.4 Å². The first-order chi connectivity index (χ1) is 10.6. The van der Waals surface area contributed by atoms with Crippen LogP contribution in [0.4, 0.5) is 0 Å². The highest BCUT2D eigenvalue weighted by molar-refractivity contribution is 7.10. The van der Waals surface area contributed by atoms with Gasteiger partial charge in [-0.05, 0) is 54.1 Å². The van der Waals surface area contributed by atoms with Crippen LogP contribution in [-0.2, 0) is 17.8 Å². The molecule has 118 valence electrons. The third-order valence-electron chi connectivity index (χ3n) is 3.52. The summed E-state index contributed by atoms with van der Waals surface area (Å²) >= 11 is 1.67. The molecule has 0 atom stereocenters. The maximum Gasteiger partial charge on any atom is 0.220 e. The van der Waals surface area contributed by atoms with Crippen molar-refractivity contribution in [2.45, 2.75) is 26.3 Å². The van der Waals surface area contributed by atoms with Crippen LogP contribution < -0.4 is 14.8 Å². The molecule has 0 aliphatic rings. The number of amides is 1. The van der Waals surface area contributed by atoms with Gasteiger partial charge in [-0.2, -0.15) is 0 Å². The Hall–Kier alpha value is -2.01. The van der Waals surface area contributed by atoms with E-state index in [2.05, 4.69) is 18.3 Å². The van der Waals surface area contributed by atoms with Crippen LogP contribution in [0.3, 0.4) is 0 Å². The SMILES string of the molecule is COc1ccc(OC)c(CCC(=O)NCc2sccc2C)c1. The Labute approximate surface area is 135 Å². The Kier molecular flexibility index (Phi) is 5.83. The lowest BCUT2D eigenvalue weighted by Gasteiger charge is -2.10. The Morgan fingerprint density at radius 3 is 2.68 bits per heavy atom. The van der Waals surface area contributed by atoms with E-state index in [0.717, 1.165) is 17.1 Å². The van der Waals surface area contributed by atoms with E-state index >= 15 is 0 Å². The lowest BCUT2D eigenvalue weighted by molar-refractivity contribution is -0.121. The normalized spacial score (nSPS) is 10.3. The molecule has 2 rings (SSSR count). The van der Waals surface area contributed by atoms with E-state index in [4.69, 9.17) is 9.47 Å². The van der Waals surface area contributed by atoms with Gasteiger partial charge in [0.15, 0.2) is 0 Å². The maximum absolute atomic E-state index is 12.0. The average Bonchev–Trinajstić information content (AvgIpc) is 2.95. The molecule has 22 heavy (non-hydrogen) atoms. The molecule has 5 heteroatoms. The number of carbonyl (C=O) groups is 1. The van der Waals surface area contributed by atoms with Crippen molar-refractivity contribution < 1.29 is 14.3 Å². The fraction of sp³-hybridized carbons (Fsp3) is 0.353. The van der Waals surface area contributed by atoms with Gasteiger partial charge in [-0.15, -0.1) is 11.3 Å². The number of carbonyl (C=O) groups excluding carboxylic acids is 1. The van der Waals surface area contributed by atoms with Crippen LogP contribution in [0.2, 0.25) is 0 Å².